The largest absolute Gasteiger partial charge is 0.490 e. The zero-order valence-electron chi connectivity index (χ0n) is 19.2. The van der Waals surface area contributed by atoms with Crippen LogP contribution in [0.4, 0.5) is 13.2 Å². The SMILES string of the molecule is CC(C)n1cnc(C2CN(C3CCC3)CC23CCN(CC2CC2)C3=O)c1.O=C(O)C(F)(F)F. The number of imidazole rings is 1. The first-order chi connectivity index (χ1) is 15.5. The summed E-state index contributed by atoms with van der Waals surface area (Å²) in [6.45, 7) is 8.30. The molecule has 0 bridgehead atoms. The van der Waals surface area contributed by atoms with Crippen LogP contribution in [0.5, 0.6) is 0 Å². The molecule has 2 aliphatic carbocycles. The Morgan fingerprint density at radius 1 is 1.27 bits per heavy atom. The maximum atomic E-state index is 13.6. The molecule has 5 rings (SSSR count). The molecule has 2 unspecified atom stereocenters. The zero-order chi connectivity index (χ0) is 24.0. The van der Waals surface area contributed by atoms with E-state index in [1.807, 2.05) is 6.33 Å². The number of halogens is 3. The van der Waals surface area contributed by atoms with Gasteiger partial charge in [0, 0.05) is 50.4 Å². The third kappa shape index (κ3) is 4.90. The minimum Gasteiger partial charge on any atom is -0.475 e. The quantitative estimate of drug-likeness (QED) is 0.710. The Labute approximate surface area is 191 Å². The van der Waals surface area contributed by atoms with Crippen molar-refractivity contribution >= 4 is 11.9 Å². The van der Waals surface area contributed by atoms with E-state index in [0.717, 1.165) is 44.2 Å². The lowest BCUT2D eigenvalue weighted by Gasteiger charge is -2.35. The van der Waals surface area contributed by atoms with Crippen molar-refractivity contribution < 1.29 is 27.9 Å². The van der Waals surface area contributed by atoms with Crippen LogP contribution in [0.25, 0.3) is 0 Å². The van der Waals surface area contributed by atoms with Crippen LogP contribution in [0.3, 0.4) is 0 Å². The third-order valence-electron chi connectivity index (χ3n) is 7.69. The van der Waals surface area contributed by atoms with Crippen LogP contribution >= 0.6 is 0 Å². The van der Waals surface area contributed by atoms with Gasteiger partial charge in [-0.25, -0.2) is 9.78 Å². The van der Waals surface area contributed by atoms with E-state index in [4.69, 9.17) is 14.9 Å². The van der Waals surface area contributed by atoms with Crippen LogP contribution in [0.1, 0.15) is 70.0 Å². The molecule has 0 aromatic carbocycles. The number of alkyl halides is 3. The van der Waals surface area contributed by atoms with Crippen LogP contribution in [0, 0.1) is 11.3 Å². The second kappa shape index (κ2) is 8.92. The van der Waals surface area contributed by atoms with E-state index >= 15 is 0 Å². The number of amides is 1. The van der Waals surface area contributed by atoms with Gasteiger partial charge in [0.1, 0.15) is 0 Å². The molecule has 2 saturated carbocycles. The summed E-state index contributed by atoms with van der Waals surface area (Å²) in [6.07, 6.45) is 6.69. The fraction of sp³-hybridized carbons (Fsp3) is 0.783. The Morgan fingerprint density at radius 3 is 2.42 bits per heavy atom. The van der Waals surface area contributed by atoms with Crippen molar-refractivity contribution in [3.8, 4) is 0 Å². The number of carbonyl (C=O) groups is 2. The summed E-state index contributed by atoms with van der Waals surface area (Å²) >= 11 is 0. The van der Waals surface area contributed by atoms with E-state index in [1.165, 1.54) is 32.1 Å². The van der Waals surface area contributed by atoms with Gasteiger partial charge in [0.15, 0.2) is 0 Å². The predicted molar refractivity (Wildman–Crippen MR) is 115 cm³/mol. The van der Waals surface area contributed by atoms with Gasteiger partial charge in [-0.15, -0.1) is 0 Å². The van der Waals surface area contributed by atoms with E-state index in [2.05, 4.69) is 34.4 Å². The van der Waals surface area contributed by atoms with Crippen molar-refractivity contribution in [2.45, 2.75) is 76.6 Å². The molecule has 1 spiro atoms. The number of nitrogens with zero attached hydrogens (tertiary/aromatic N) is 4. The second-order valence-corrected chi connectivity index (χ2v) is 10.3. The maximum absolute atomic E-state index is 13.6. The van der Waals surface area contributed by atoms with Crippen molar-refractivity contribution in [2.75, 3.05) is 26.2 Å². The highest BCUT2D eigenvalue weighted by Gasteiger charge is 2.59. The number of carboxylic acid groups (broad SMARTS) is 1. The molecule has 4 fully saturated rings. The Balaban J connectivity index is 0.000000325. The van der Waals surface area contributed by atoms with Gasteiger partial charge < -0.3 is 14.6 Å². The molecule has 2 saturated heterocycles. The number of likely N-dealkylation sites (tertiary alicyclic amines) is 2. The topological polar surface area (TPSA) is 78.7 Å². The Hall–Kier alpha value is -2.10. The van der Waals surface area contributed by atoms with Gasteiger partial charge in [0.25, 0.3) is 0 Å². The molecule has 33 heavy (non-hydrogen) atoms. The highest BCUT2D eigenvalue weighted by Crippen LogP contribution is 2.51. The van der Waals surface area contributed by atoms with E-state index in [9.17, 15) is 18.0 Å². The van der Waals surface area contributed by atoms with Crippen molar-refractivity contribution in [3.05, 3.63) is 18.2 Å². The average Bonchev–Trinajstić information content (AvgIpc) is 3.11. The Bertz CT molecular complexity index is 879. The molecule has 1 aromatic heterocycles. The summed E-state index contributed by atoms with van der Waals surface area (Å²) in [5.74, 6) is -1.29. The lowest BCUT2D eigenvalue weighted by molar-refractivity contribution is -0.192. The molecule has 7 nitrogen and oxygen atoms in total. The molecular weight excluding hydrogens is 437 g/mol. The van der Waals surface area contributed by atoms with Crippen LogP contribution in [-0.4, -0.2) is 74.7 Å². The van der Waals surface area contributed by atoms with Crippen molar-refractivity contribution in [2.24, 2.45) is 11.3 Å². The Morgan fingerprint density at radius 2 is 1.94 bits per heavy atom. The van der Waals surface area contributed by atoms with Crippen LogP contribution in [0.2, 0.25) is 0 Å². The molecule has 10 heteroatoms. The second-order valence-electron chi connectivity index (χ2n) is 10.3. The summed E-state index contributed by atoms with van der Waals surface area (Å²) in [6, 6.07) is 1.12. The van der Waals surface area contributed by atoms with E-state index < -0.39 is 12.1 Å². The fourth-order valence-corrected chi connectivity index (χ4v) is 5.28. The number of hydrogen-bond donors (Lipinski definition) is 1. The number of aromatic nitrogens is 2. The average molecular weight is 471 g/mol. The monoisotopic (exact) mass is 470 g/mol. The molecule has 1 aromatic rings. The molecular formula is C23H33F3N4O3. The number of rotatable bonds is 5. The normalized spacial score (nSPS) is 28.4. The smallest absolute Gasteiger partial charge is 0.475 e. The Kier molecular flexibility index (Phi) is 6.50. The lowest BCUT2D eigenvalue weighted by Crippen LogP contribution is -2.43. The van der Waals surface area contributed by atoms with Gasteiger partial charge in [-0.05, 0) is 51.9 Å². The number of carbonyl (C=O) groups excluding carboxylic acids is 1. The van der Waals surface area contributed by atoms with Crippen LogP contribution in [-0.2, 0) is 9.59 Å². The van der Waals surface area contributed by atoms with Crippen molar-refractivity contribution in [3.63, 3.8) is 0 Å². The minimum atomic E-state index is -5.08. The predicted octanol–water partition coefficient (Wildman–Crippen LogP) is 3.68. The van der Waals surface area contributed by atoms with Gasteiger partial charge in [-0.3, -0.25) is 9.69 Å². The van der Waals surface area contributed by atoms with E-state index in [1.54, 1.807) is 0 Å². The summed E-state index contributed by atoms with van der Waals surface area (Å²) in [5.41, 5.74) is 0.919. The summed E-state index contributed by atoms with van der Waals surface area (Å²) in [4.78, 5) is 32.0. The molecule has 4 aliphatic rings. The molecule has 0 radical (unpaired) electrons. The van der Waals surface area contributed by atoms with Gasteiger partial charge in [-0.2, -0.15) is 13.2 Å². The summed E-state index contributed by atoms with van der Waals surface area (Å²) in [7, 11) is 0. The van der Waals surface area contributed by atoms with Gasteiger partial charge >= 0.3 is 12.1 Å². The number of carboxylic acids is 1. The summed E-state index contributed by atoms with van der Waals surface area (Å²) in [5, 5.41) is 7.12. The van der Waals surface area contributed by atoms with Gasteiger partial charge in [0.2, 0.25) is 5.91 Å². The first-order valence-electron chi connectivity index (χ1n) is 11.9. The molecule has 2 aliphatic heterocycles. The molecule has 1 N–H and O–H groups in total. The highest BCUT2D eigenvalue weighted by atomic mass is 19.4. The molecule has 2 atom stereocenters. The van der Waals surface area contributed by atoms with Gasteiger partial charge in [-0.1, -0.05) is 6.42 Å². The fourth-order valence-electron chi connectivity index (χ4n) is 5.28. The lowest BCUT2D eigenvalue weighted by atomic mass is 9.75. The zero-order valence-corrected chi connectivity index (χ0v) is 19.2. The summed E-state index contributed by atoms with van der Waals surface area (Å²) < 4.78 is 33.9. The first kappa shape index (κ1) is 24.0. The van der Waals surface area contributed by atoms with E-state index in [-0.39, 0.29) is 11.3 Å². The number of aliphatic carboxylic acids is 1. The molecule has 3 heterocycles. The molecule has 1 amide bonds. The van der Waals surface area contributed by atoms with E-state index in [0.29, 0.717) is 18.0 Å². The first-order valence-corrected chi connectivity index (χ1v) is 11.9. The van der Waals surface area contributed by atoms with Crippen molar-refractivity contribution in [1.29, 1.82) is 0 Å². The maximum Gasteiger partial charge on any atom is 0.490 e. The van der Waals surface area contributed by atoms with Crippen LogP contribution in [0.15, 0.2) is 12.5 Å². The third-order valence-corrected chi connectivity index (χ3v) is 7.69. The molecule has 184 valence electrons. The minimum absolute atomic E-state index is 0.222. The van der Waals surface area contributed by atoms with Crippen molar-refractivity contribution in [1.82, 2.24) is 19.4 Å². The van der Waals surface area contributed by atoms with Crippen LogP contribution < -0.4 is 0 Å². The van der Waals surface area contributed by atoms with Gasteiger partial charge in [0.05, 0.1) is 17.4 Å². The highest BCUT2D eigenvalue weighted by molar-refractivity contribution is 5.87. The standard InChI is InChI=1S/C21H32N4O.C2HF3O2/c1-15(2)25-12-19(22-14-25)18-11-24(17-4-3-5-17)13-21(18)8-9-23(20(21)26)10-16-6-7-16;3-2(4,5)1(6)7/h12,14-18H,3-11,13H2,1-2H3;(H,6,7). The number of hydrogen-bond acceptors (Lipinski definition) is 4.